The standard InChI is InChI=1S/C22H28N4O3/c1-3-29-20-10-5-4-8-17(20)15-26-12-11-23-22(28)19(26)13-21(27)24-14-18-9-6-7-16(2)25-18/h4-10,19H,3,11-15H2,1-2H3,(H,23,28)(H,24,27). The van der Waals surface area contributed by atoms with E-state index in [2.05, 4.69) is 15.6 Å². The quantitative estimate of drug-likeness (QED) is 0.711. The van der Waals surface area contributed by atoms with Gasteiger partial charge in [-0.15, -0.1) is 0 Å². The van der Waals surface area contributed by atoms with Crippen LogP contribution >= 0.6 is 0 Å². The van der Waals surface area contributed by atoms with E-state index < -0.39 is 6.04 Å². The van der Waals surface area contributed by atoms with Gasteiger partial charge in [-0.25, -0.2) is 0 Å². The number of aromatic nitrogens is 1. The molecule has 1 unspecified atom stereocenters. The molecule has 0 saturated carbocycles. The number of ether oxygens (including phenoxy) is 1. The van der Waals surface area contributed by atoms with Gasteiger partial charge in [0.15, 0.2) is 0 Å². The number of piperazine rings is 1. The highest BCUT2D eigenvalue weighted by atomic mass is 16.5. The highest BCUT2D eigenvalue weighted by molar-refractivity contribution is 5.88. The molecule has 29 heavy (non-hydrogen) atoms. The van der Waals surface area contributed by atoms with Gasteiger partial charge in [-0.05, 0) is 32.0 Å². The van der Waals surface area contributed by atoms with E-state index in [1.165, 1.54) is 0 Å². The number of hydrogen-bond donors (Lipinski definition) is 2. The topological polar surface area (TPSA) is 83.6 Å². The molecule has 2 heterocycles. The lowest BCUT2D eigenvalue weighted by atomic mass is 10.1. The van der Waals surface area contributed by atoms with Crippen LogP contribution in [0, 0.1) is 6.92 Å². The summed E-state index contributed by atoms with van der Waals surface area (Å²) in [4.78, 5) is 31.4. The van der Waals surface area contributed by atoms with E-state index in [4.69, 9.17) is 4.74 Å². The number of hydrogen-bond acceptors (Lipinski definition) is 5. The summed E-state index contributed by atoms with van der Waals surface area (Å²) >= 11 is 0. The van der Waals surface area contributed by atoms with Crippen molar-refractivity contribution >= 4 is 11.8 Å². The second-order valence-electron chi connectivity index (χ2n) is 7.07. The molecule has 1 fully saturated rings. The van der Waals surface area contributed by atoms with Crippen LogP contribution in [0.25, 0.3) is 0 Å². The lowest BCUT2D eigenvalue weighted by molar-refractivity contribution is -0.134. The number of carbonyl (C=O) groups excluding carboxylic acids is 2. The van der Waals surface area contributed by atoms with Crippen molar-refractivity contribution < 1.29 is 14.3 Å². The average Bonchev–Trinajstić information content (AvgIpc) is 2.71. The molecule has 0 aliphatic carbocycles. The van der Waals surface area contributed by atoms with Gasteiger partial charge in [-0.2, -0.15) is 0 Å². The van der Waals surface area contributed by atoms with Crippen molar-refractivity contribution in [1.82, 2.24) is 20.5 Å². The van der Waals surface area contributed by atoms with Crippen LogP contribution in [0.15, 0.2) is 42.5 Å². The van der Waals surface area contributed by atoms with Gasteiger partial charge in [-0.1, -0.05) is 24.3 Å². The Bertz CT molecular complexity index is 855. The Hall–Kier alpha value is -2.93. The van der Waals surface area contributed by atoms with Gasteiger partial charge in [0.2, 0.25) is 11.8 Å². The first-order valence-electron chi connectivity index (χ1n) is 9.98. The first kappa shape index (κ1) is 20.8. The minimum atomic E-state index is -0.510. The fraction of sp³-hybridized carbons (Fsp3) is 0.409. The number of aryl methyl sites for hydroxylation is 1. The van der Waals surface area contributed by atoms with Crippen LogP contribution in [0.4, 0.5) is 0 Å². The maximum Gasteiger partial charge on any atom is 0.237 e. The average molecular weight is 396 g/mol. The van der Waals surface area contributed by atoms with Gasteiger partial charge in [0.05, 0.1) is 31.3 Å². The first-order valence-corrected chi connectivity index (χ1v) is 9.98. The highest BCUT2D eigenvalue weighted by Crippen LogP contribution is 2.22. The zero-order valence-corrected chi connectivity index (χ0v) is 17.0. The molecule has 3 rings (SSSR count). The molecule has 1 atom stereocenters. The summed E-state index contributed by atoms with van der Waals surface area (Å²) in [6, 6.07) is 13.0. The van der Waals surface area contributed by atoms with Gasteiger partial charge in [0.25, 0.3) is 0 Å². The van der Waals surface area contributed by atoms with E-state index in [-0.39, 0.29) is 18.2 Å². The summed E-state index contributed by atoms with van der Waals surface area (Å²) in [6.45, 7) is 6.60. The predicted molar refractivity (Wildman–Crippen MR) is 110 cm³/mol. The molecule has 0 bridgehead atoms. The Morgan fingerprint density at radius 3 is 2.90 bits per heavy atom. The number of nitrogens with zero attached hydrogens (tertiary/aromatic N) is 2. The maximum atomic E-state index is 12.5. The third-order valence-electron chi connectivity index (χ3n) is 4.88. The number of benzene rings is 1. The van der Waals surface area contributed by atoms with Crippen LogP contribution in [-0.4, -0.2) is 47.4 Å². The zero-order chi connectivity index (χ0) is 20.6. The second kappa shape index (κ2) is 10.0. The SMILES string of the molecule is CCOc1ccccc1CN1CCNC(=O)C1CC(=O)NCc1cccc(C)n1. The molecule has 2 aromatic rings. The van der Waals surface area contributed by atoms with Crippen molar-refractivity contribution in [3.63, 3.8) is 0 Å². The Morgan fingerprint density at radius 2 is 2.10 bits per heavy atom. The summed E-state index contributed by atoms with van der Waals surface area (Å²) in [6.07, 6.45) is 0.106. The Kier molecular flexibility index (Phi) is 7.19. The van der Waals surface area contributed by atoms with Gasteiger partial charge in [0.1, 0.15) is 5.75 Å². The zero-order valence-electron chi connectivity index (χ0n) is 17.0. The molecule has 7 nitrogen and oxygen atoms in total. The first-order chi connectivity index (χ1) is 14.1. The number of pyridine rings is 1. The number of nitrogens with one attached hydrogen (secondary N) is 2. The molecule has 1 aliphatic rings. The number of amides is 2. The van der Waals surface area contributed by atoms with Crippen LogP contribution < -0.4 is 15.4 Å². The van der Waals surface area contributed by atoms with Crippen molar-refractivity contribution in [2.24, 2.45) is 0 Å². The summed E-state index contributed by atoms with van der Waals surface area (Å²) in [5, 5.41) is 5.75. The van der Waals surface area contributed by atoms with E-state index in [0.29, 0.717) is 32.8 Å². The summed E-state index contributed by atoms with van der Waals surface area (Å²) in [7, 11) is 0. The summed E-state index contributed by atoms with van der Waals surface area (Å²) in [5.74, 6) is 0.530. The van der Waals surface area contributed by atoms with E-state index in [0.717, 1.165) is 22.7 Å². The fourth-order valence-corrected chi connectivity index (χ4v) is 3.46. The van der Waals surface area contributed by atoms with Crippen molar-refractivity contribution in [2.75, 3.05) is 19.7 Å². The molecule has 2 amide bonds. The molecule has 0 spiro atoms. The van der Waals surface area contributed by atoms with E-state index in [1.54, 1.807) is 0 Å². The molecule has 1 aliphatic heterocycles. The third kappa shape index (κ3) is 5.77. The van der Waals surface area contributed by atoms with E-state index in [9.17, 15) is 9.59 Å². The molecule has 7 heteroatoms. The second-order valence-corrected chi connectivity index (χ2v) is 7.07. The van der Waals surface area contributed by atoms with Crippen molar-refractivity contribution in [3.05, 3.63) is 59.4 Å². The van der Waals surface area contributed by atoms with Crippen LogP contribution in [-0.2, 0) is 22.7 Å². The molecule has 1 aromatic carbocycles. The minimum Gasteiger partial charge on any atom is -0.494 e. The molecular weight excluding hydrogens is 368 g/mol. The Balaban J connectivity index is 1.64. The van der Waals surface area contributed by atoms with Gasteiger partial charge in [-0.3, -0.25) is 19.5 Å². The van der Waals surface area contributed by atoms with Crippen LogP contribution in [0.2, 0.25) is 0 Å². The van der Waals surface area contributed by atoms with Crippen molar-refractivity contribution in [3.8, 4) is 5.75 Å². The fourth-order valence-electron chi connectivity index (χ4n) is 3.46. The molecule has 1 saturated heterocycles. The smallest absolute Gasteiger partial charge is 0.237 e. The van der Waals surface area contributed by atoms with Crippen molar-refractivity contribution in [1.29, 1.82) is 0 Å². The Morgan fingerprint density at radius 1 is 1.28 bits per heavy atom. The molecule has 154 valence electrons. The van der Waals surface area contributed by atoms with Crippen LogP contribution in [0.5, 0.6) is 5.75 Å². The van der Waals surface area contributed by atoms with E-state index >= 15 is 0 Å². The van der Waals surface area contributed by atoms with Gasteiger partial charge in [0, 0.05) is 30.9 Å². The van der Waals surface area contributed by atoms with Crippen LogP contribution in [0.1, 0.15) is 30.3 Å². The largest absolute Gasteiger partial charge is 0.494 e. The molecule has 0 radical (unpaired) electrons. The third-order valence-corrected chi connectivity index (χ3v) is 4.88. The van der Waals surface area contributed by atoms with E-state index in [1.807, 2.05) is 61.2 Å². The predicted octanol–water partition coefficient (Wildman–Crippen LogP) is 1.80. The number of rotatable bonds is 8. The van der Waals surface area contributed by atoms with Gasteiger partial charge >= 0.3 is 0 Å². The van der Waals surface area contributed by atoms with Crippen molar-refractivity contribution in [2.45, 2.75) is 39.4 Å². The lowest BCUT2D eigenvalue weighted by Crippen LogP contribution is -2.56. The maximum absolute atomic E-state index is 12.5. The van der Waals surface area contributed by atoms with Gasteiger partial charge < -0.3 is 15.4 Å². The minimum absolute atomic E-state index is 0.106. The summed E-state index contributed by atoms with van der Waals surface area (Å²) in [5.41, 5.74) is 2.72. The number of para-hydroxylation sites is 1. The Labute approximate surface area is 171 Å². The number of carbonyl (C=O) groups is 2. The molecule has 1 aromatic heterocycles. The summed E-state index contributed by atoms with van der Waals surface area (Å²) < 4.78 is 5.71. The molecule has 2 N–H and O–H groups in total. The highest BCUT2D eigenvalue weighted by Gasteiger charge is 2.32. The molecular formula is C22H28N4O3. The monoisotopic (exact) mass is 396 g/mol. The normalized spacial score (nSPS) is 16.9. The lowest BCUT2D eigenvalue weighted by Gasteiger charge is -2.35. The van der Waals surface area contributed by atoms with Crippen LogP contribution in [0.3, 0.4) is 0 Å².